The SMILES string of the molecule is CC(C)(C)c1cc(C(C)(C)C)c2c(c1F)COP(=O)(OCC1OC(n3cnc(N)nc3=O)[C@H](O)[C@@H]1O)O2. The van der Waals surface area contributed by atoms with Gasteiger partial charge in [0.05, 0.1) is 18.8 Å². The van der Waals surface area contributed by atoms with E-state index in [2.05, 4.69) is 9.97 Å². The van der Waals surface area contributed by atoms with Crippen LogP contribution in [0, 0.1) is 5.82 Å². The van der Waals surface area contributed by atoms with Crippen molar-refractivity contribution >= 4 is 13.8 Å². The number of phosphoric acid groups is 1. The molecule has 3 heterocycles. The van der Waals surface area contributed by atoms with Gasteiger partial charge in [0.1, 0.15) is 36.2 Å². The molecule has 12 nitrogen and oxygen atoms in total. The van der Waals surface area contributed by atoms with Crippen LogP contribution >= 0.6 is 7.82 Å². The van der Waals surface area contributed by atoms with Crippen molar-refractivity contribution in [2.45, 2.75) is 83.5 Å². The summed E-state index contributed by atoms with van der Waals surface area (Å²) >= 11 is 0. The zero-order valence-corrected chi connectivity index (χ0v) is 22.4. The second-order valence-corrected chi connectivity index (χ2v) is 12.7. The fourth-order valence-corrected chi connectivity index (χ4v) is 5.40. The van der Waals surface area contributed by atoms with Gasteiger partial charge >= 0.3 is 13.5 Å². The molecule has 0 saturated carbocycles. The summed E-state index contributed by atoms with van der Waals surface area (Å²) in [7, 11) is -4.27. The Hall–Kier alpha value is -2.41. The Morgan fingerprint density at radius 2 is 1.84 bits per heavy atom. The van der Waals surface area contributed by atoms with Crippen LogP contribution in [-0.4, -0.2) is 49.7 Å². The molecule has 1 aromatic carbocycles. The normalized spacial score (nSPS) is 28.1. The number of hydrogen-bond acceptors (Lipinski definition) is 11. The van der Waals surface area contributed by atoms with Gasteiger partial charge in [-0.1, -0.05) is 41.5 Å². The first kappa shape index (κ1) is 27.6. The molecular formula is C23H32FN4O8P. The smallest absolute Gasteiger partial charge is 0.403 e. The van der Waals surface area contributed by atoms with Gasteiger partial charge in [-0.2, -0.15) is 4.98 Å². The summed E-state index contributed by atoms with van der Waals surface area (Å²) in [5.41, 5.74) is 4.80. The van der Waals surface area contributed by atoms with E-state index < -0.39 is 61.3 Å². The van der Waals surface area contributed by atoms with Crippen molar-refractivity contribution in [3.05, 3.63) is 45.4 Å². The fraction of sp³-hybridized carbons (Fsp3) is 0.609. The molecule has 0 amide bonds. The number of rotatable bonds is 4. The maximum absolute atomic E-state index is 15.4. The van der Waals surface area contributed by atoms with Gasteiger partial charge in [-0.25, -0.2) is 18.7 Å². The van der Waals surface area contributed by atoms with E-state index in [1.54, 1.807) is 6.07 Å². The number of nitrogens with zero attached hydrogens (tertiary/aromatic N) is 3. The molecule has 1 aromatic heterocycles. The van der Waals surface area contributed by atoms with Crippen molar-refractivity contribution in [2.24, 2.45) is 0 Å². The lowest BCUT2D eigenvalue weighted by Crippen LogP contribution is -2.36. The quantitative estimate of drug-likeness (QED) is 0.485. The molecule has 1 fully saturated rings. The summed E-state index contributed by atoms with van der Waals surface area (Å²) in [5, 5.41) is 20.8. The van der Waals surface area contributed by atoms with E-state index in [0.29, 0.717) is 11.1 Å². The number of aliphatic hydroxyl groups is 2. The number of nitrogens with two attached hydrogens (primary N) is 1. The predicted octanol–water partition coefficient (Wildman–Crippen LogP) is 2.31. The van der Waals surface area contributed by atoms with E-state index in [9.17, 15) is 19.6 Å². The minimum absolute atomic E-state index is 0.0870. The minimum atomic E-state index is -4.27. The summed E-state index contributed by atoms with van der Waals surface area (Å²) in [6.07, 6.45) is -4.61. The van der Waals surface area contributed by atoms with Gasteiger partial charge in [-0.05, 0) is 22.5 Å². The Morgan fingerprint density at radius 1 is 1.19 bits per heavy atom. The second-order valence-electron chi connectivity index (χ2n) is 11.2. The first-order valence-corrected chi connectivity index (χ1v) is 13.2. The van der Waals surface area contributed by atoms with Gasteiger partial charge in [0.2, 0.25) is 5.95 Å². The molecule has 4 rings (SSSR count). The number of hydrogen-bond donors (Lipinski definition) is 3. The van der Waals surface area contributed by atoms with Crippen LogP contribution < -0.4 is 15.9 Å². The van der Waals surface area contributed by atoms with Crippen molar-refractivity contribution in [3.8, 4) is 5.75 Å². The summed E-state index contributed by atoms with van der Waals surface area (Å²) in [5.74, 6) is -0.679. The van der Waals surface area contributed by atoms with Crippen molar-refractivity contribution < 1.29 is 37.5 Å². The van der Waals surface area contributed by atoms with Gasteiger partial charge in [0, 0.05) is 5.56 Å². The Bertz CT molecular complexity index is 1310. The van der Waals surface area contributed by atoms with Crippen LogP contribution in [0.25, 0.3) is 0 Å². The molecule has 14 heteroatoms. The second kappa shape index (κ2) is 9.40. The number of nitrogen functional groups attached to an aromatic ring is 1. The Balaban J connectivity index is 1.56. The highest BCUT2D eigenvalue weighted by atomic mass is 31.2. The lowest BCUT2D eigenvalue weighted by molar-refractivity contribution is -0.0559. The summed E-state index contributed by atoms with van der Waals surface area (Å²) in [6, 6.07) is 1.71. The number of aliphatic hydroxyl groups excluding tert-OH is 2. The van der Waals surface area contributed by atoms with Crippen LogP contribution in [0.3, 0.4) is 0 Å². The molecule has 3 unspecified atom stereocenters. The maximum atomic E-state index is 15.4. The van der Waals surface area contributed by atoms with E-state index in [4.69, 9.17) is 24.0 Å². The molecule has 2 aliphatic rings. The highest BCUT2D eigenvalue weighted by Gasteiger charge is 2.47. The van der Waals surface area contributed by atoms with E-state index >= 15 is 4.39 Å². The summed E-state index contributed by atoms with van der Waals surface area (Å²) < 4.78 is 51.7. The Morgan fingerprint density at radius 3 is 2.43 bits per heavy atom. The molecule has 0 aliphatic carbocycles. The Labute approximate surface area is 213 Å². The first-order chi connectivity index (χ1) is 17.0. The van der Waals surface area contributed by atoms with Gasteiger partial charge in [-0.15, -0.1) is 0 Å². The molecule has 4 N–H and O–H groups in total. The highest BCUT2D eigenvalue weighted by Crippen LogP contribution is 2.58. The van der Waals surface area contributed by atoms with Crippen LogP contribution in [0.1, 0.15) is 64.5 Å². The largest absolute Gasteiger partial charge is 0.530 e. The zero-order valence-electron chi connectivity index (χ0n) is 21.5. The lowest BCUT2D eigenvalue weighted by Gasteiger charge is -2.33. The number of fused-ring (bicyclic) bond motifs is 1. The number of ether oxygens (including phenoxy) is 1. The monoisotopic (exact) mass is 542 g/mol. The van der Waals surface area contributed by atoms with E-state index in [0.717, 1.165) is 10.9 Å². The topological polar surface area (TPSA) is 168 Å². The van der Waals surface area contributed by atoms with Gasteiger partial charge in [0.15, 0.2) is 6.23 Å². The Kier molecular flexibility index (Phi) is 7.02. The van der Waals surface area contributed by atoms with E-state index in [1.807, 2.05) is 41.5 Å². The highest BCUT2D eigenvalue weighted by molar-refractivity contribution is 7.49. The minimum Gasteiger partial charge on any atom is -0.403 e. The fourth-order valence-electron chi connectivity index (χ4n) is 4.17. The number of aromatic nitrogens is 3. The lowest BCUT2D eigenvalue weighted by atomic mass is 9.78. The van der Waals surface area contributed by atoms with Crippen LogP contribution in [-0.2, 0) is 35.8 Å². The molecule has 37 heavy (non-hydrogen) atoms. The van der Waals surface area contributed by atoms with Gasteiger partial charge in [-0.3, -0.25) is 13.6 Å². The van der Waals surface area contributed by atoms with Crippen molar-refractivity contribution in [1.82, 2.24) is 14.5 Å². The van der Waals surface area contributed by atoms with E-state index in [-0.39, 0.29) is 23.9 Å². The standard InChI is InChI=1S/C23H32FN4O8P/c1-22(2,3)12-7-13(23(4,5)6)18-11(15(12)24)8-33-37(32,36-18)34-9-14-16(29)17(30)19(35-14)28-10-26-20(25)27-21(28)31/h7,10,14,16-17,19,29-30H,8-9H2,1-6H3,(H2,25,27,31)/t14?,16-,17-,19?,37?/m1/s1. The molecule has 0 bridgehead atoms. The number of halogens is 1. The molecule has 204 valence electrons. The third kappa shape index (κ3) is 5.29. The number of phosphoric ester groups is 1. The maximum Gasteiger partial charge on any atom is 0.530 e. The van der Waals surface area contributed by atoms with Crippen LogP contribution in [0.15, 0.2) is 17.2 Å². The number of benzene rings is 1. The molecule has 5 atom stereocenters. The average Bonchev–Trinajstić information content (AvgIpc) is 3.04. The molecule has 2 aromatic rings. The summed E-state index contributed by atoms with van der Waals surface area (Å²) in [6.45, 7) is 10.5. The molecule has 0 spiro atoms. The first-order valence-electron chi connectivity index (χ1n) is 11.7. The predicted molar refractivity (Wildman–Crippen MR) is 129 cm³/mol. The van der Waals surface area contributed by atoms with Crippen molar-refractivity contribution in [2.75, 3.05) is 12.3 Å². The number of anilines is 1. The van der Waals surface area contributed by atoms with Crippen molar-refractivity contribution in [3.63, 3.8) is 0 Å². The third-order valence-electron chi connectivity index (χ3n) is 6.25. The van der Waals surface area contributed by atoms with Gasteiger partial charge < -0.3 is 25.2 Å². The van der Waals surface area contributed by atoms with Crippen LogP contribution in [0.5, 0.6) is 5.75 Å². The van der Waals surface area contributed by atoms with E-state index in [1.165, 1.54) is 0 Å². The third-order valence-corrected chi connectivity index (χ3v) is 7.57. The average molecular weight is 543 g/mol. The van der Waals surface area contributed by atoms with Crippen LogP contribution in [0.2, 0.25) is 0 Å². The van der Waals surface area contributed by atoms with Gasteiger partial charge in [0.25, 0.3) is 0 Å². The molecule has 2 aliphatic heterocycles. The molecular weight excluding hydrogens is 510 g/mol. The zero-order chi connectivity index (χ0) is 27.5. The summed E-state index contributed by atoms with van der Waals surface area (Å²) in [4.78, 5) is 19.3. The molecule has 1 saturated heterocycles. The molecule has 0 radical (unpaired) electrons. The van der Waals surface area contributed by atoms with Crippen LogP contribution in [0.4, 0.5) is 10.3 Å². The van der Waals surface area contributed by atoms with Crippen molar-refractivity contribution in [1.29, 1.82) is 0 Å².